The van der Waals surface area contributed by atoms with E-state index in [0.29, 0.717) is 12.3 Å². The first-order valence-corrected chi connectivity index (χ1v) is 6.03. The Morgan fingerprint density at radius 1 is 1.33 bits per heavy atom. The van der Waals surface area contributed by atoms with Gasteiger partial charge >= 0.3 is 5.97 Å². The second kappa shape index (κ2) is 6.79. The van der Waals surface area contributed by atoms with Crippen LogP contribution in [0.2, 0.25) is 0 Å². The summed E-state index contributed by atoms with van der Waals surface area (Å²) in [6.45, 7) is 4.30. The Morgan fingerprint density at radius 2 is 1.94 bits per heavy atom. The summed E-state index contributed by atoms with van der Waals surface area (Å²) in [7, 11) is 0. The van der Waals surface area contributed by atoms with Crippen LogP contribution in [-0.4, -0.2) is 17.5 Å². The number of nitrogens with one attached hydrogen (secondary N) is 1. The molecule has 0 fully saturated rings. The van der Waals surface area contributed by atoms with Crippen LogP contribution < -0.4 is 5.32 Å². The van der Waals surface area contributed by atoms with Gasteiger partial charge in [0.2, 0.25) is 6.41 Å². The van der Waals surface area contributed by atoms with Crippen molar-refractivity contribution >= 4 is 12.4 Å². The minimum atomic E-state index is -0.930. The number of benzene rings is 1. The number of carboxylic acid groups (broad SMARTS) is 1. The number of hydrogen-bond acceptors (Lipinski definition) is 2. The van der Waals surface area contributed by atoms with Crippen LogP contribution in [0.3, 0.4) is 0 Å². The molecule has 4 nitrogen and oxygen atoms in total. The Morgan fingerprint density at radius 3 is 2.39 bits per heavy atom. The maximum Gasteiger partial charge on any atom is 0.305 e. The van der Waals surface area contributed by atoms with Gasteiger partial charge in [-0.05, 0) is 23.5 Å². The zero-order valence-electron chi connectivity index (χ0n) is 10.7. The van der Waals surface area contributed by atoms with Gasteiger partial charge in [-0.1, -0.05) is 38.1 Å². The molecule has 0 bridgehead atoms. The Kier molecular flexibility index (Phi) is 5.36. The quantitative estimate of drug-likeness (QED) is 0.728. The van der Waals surface area contributed by atoms with Crippen LogP contribution in [-0.2, 0) is 16.0 Å². The van der Waals surface area contributed by atoms with E-state index in [1.54, 1.807) is 0 Å². The molecule has 0 aliphatic rings. The van der Waals surface area contributed by atoms with Crippen molar-refractivity contribution in [3.63, 3.8) is 0 Å². The van der Waals surface area contributed by atoms with E-state index in [1.807, 2.05) is 24.3 Å². The fourth-order valence-electron chi connectivity index (χ4n) is 1.89. The number of carbonyl (C=O) groups excluding carboxylic acids is 1. The van der Waals surface area contributed by atoms with Crippen LogP contribution in [0.1, 0.15) is 37.4 Å². The fraction of sp³-hybridized carbons (Fsp3) is 0.429. The second-order valence-electron chi connectivity index (χ2n) is 4.77. The maximum absolute atomic E-state index is 10.7. The predicted molar refractivity (Wildman–Crippen MR) is 69.2 cm³/mol. The van der Waals surface area contributed by atoms with Gasteiger partial charge in [0.15, 0.2) is 0 Å². The van der Waals surface area contributed by atoms with Gasteiger partial charge in [0.25, 0.3) is 0 Å². The largest absolute Gasteiger partial charge is 0.481 e. The predicted octanol–water partition coefficient (Wildman–Crippen LogP) is 2.15. The summed E-state index contributed by atoms with van der Waals surface area (Å²) in [5.74, 6) is -0.348. The van der Waals surface area contributed by atoms with Crippen molar-refractivity contribution in [1.29, 1.82) is 0 Å². The third-order valence-corrected chi connectivity index (χ3v) is 2.67. The monoisotopic (exact) mass is 249 g/mol. The summed E-state index contributed by atoms with van der Waals surface area (Å²) in [5.41, 5.74) is 2.03. The topological polar surface area (TPSA) is 66.4 Å². The van der Waals surface area contributed by atoms with Gasteiger partial charge in [-0.2, -0.15) is 0 Å². The van der Waals surface area contributed by atoms with Crippen LogP contribution in [0.15, 0.2) is 24.3 Å². The van der Waals surface area contributed by atoms with E-state index in [9.17, 15) is 9.59 Å². The summed E-state index contributed by atoms with van der Waals surface area (Å²) in [6.07, 6.45) is 1.42. The molecule has 0 aliphatic carbocycles. The molecule has 1 rings (SSSR count). The van der Waals surface area contributed by atoms with Crippen molar-refractivity contribution in [1.82, 2.24) is 5.32 Å². The van der Waals surface area contributed by atoms with E-state index >= 15 is 0 Å². The minimum absolute atomic E-state index is 0.109. The number of carbonyl (C=O) groups is 2. The molecular weight excluding hydrogens is 230 g/mol. The van der Waals surface area contributed by atoms with E-state index in [4.69, 9.17) is 5.11 Å². The summed E-state index contributed by atoms with van der Waals surface area (Å²) in [6, 6.07) is 7.25. The Hall–Kier alpha value is -1.84. The highest BCUT2D eigenvalue weighted by atomic mass is 16.4. The summed E-state index contributed by atoms with van der Waals surface area (Å²) in [4.78, 5) is 21.2. The average molecular weight is 249 g/mol. The number of hydrogen-bond donors (Lipinski definition) is 2. The second-order valence-corrected chi connectivity index (χ2v) is 4.77. The van der Waals surface area contributed by atoms with Crippen molar-refractivity contribution in [3.05, 3.63) is 35.4 Å². The molecule has 0 saturated carbocycles. The van der Waals surface area contributed by atoms with E-state index < -0.39 is 12.0 Å². The van der Waals surface area contributed by atoms with E-state index in [-0.39, 0.29) is 6.42 Å². The normalized spacial score (nSPS) is 12.2. The molecule has 0 heterocycles. The van der Waals surface area contributed by atoms with Crippen molar-refractivity contribution in [2.75, 3.05) is 0 Å². The van der Waals surface area contributed by atoms with Crippen LogP contribution in [0, 0.1) is 5.92 Å². The Labute approximate surface area is 107 Å². The van der Waals surface area contributed by atoms with Crippen LogP contribution >= 0.6 is 0 Å². The molecule has 98 valence electrons. The van der Waals surface area contributed by atoms with Crippen LogP contribution in [0.5, 0.6) is 0 Å². The highest BCUT2D eigenvalue weighted by molar-refractivity contribution is 5.68. The third-order valence-electron chi connectivity index (χ3n) is 2.67. The summed E-state index contributed by atoms with van der Waals surface area (Å²) < 4.78 is 0. The molecule has 18 heavy (non-hydrogen) atoms. The number of carboxylic acids is 1. The molecule has 0 unspecified atom stereocenters. The van der Waals surface area contributed by atoms with Crippen molar-refractivity contribution in [2.24, 2.45) is 5.92 Å². The molecule has 1 aromatic rings. The lowest BCUT2D eigenvalue weighted by atomic mass is 9.98. The minimum Gasteiger partial charge on any atom is -0.481 e. The lowest BCUT2D eigenvalue weighted by Crippen LogP contribution is -2.22. The lowest BCUT2D eigenvalue weighted by Gasteiger charge is -2.15. The molecule has 0 radical (unpaired) electrons. The Balaban J connectivity index is 2.79. The van der Waals surface area contributed by atoms with Crippen molar-refractivity contribution in [3.8, 4) is 0 Å². The molecule has 0 spiro atoms. The fourth-order valence-corrected chi connectivity index (χ4v) is 1.89. The molecule has 0 saturated heterocycles. The van der Waals surface area contributed by atoms with E-state index in [1.165, 1.54) is 5.56 Å². The maximum atomic E-state index is 10.7. The van der Waals surface area contributed by atoms with Gasteiger partial charge in [-0.25, -0.2) is 0 Å². The first-order valence-electron chi connectivity index (χ1n) is 6.03. The number of aliphatic carboxylic acids is 1. The smallest absolute Gasteiger partial charge is 0.305 e. The molecule has 2 N–H and O–H groups in total. The van der Waals surface area contributed by atoms with Crippen molar-refractivity contribution < 1.29 is 14.7 Å². The summed E-state index contributed by atoms with van der Waals surface area (Å²) in [5, 5.41) is 11.3. The SMILES string of the molecule is CC(C)Cc1ccc([C@H](CC(=O)O)NC=O)cc1. The molecule has 1 aromatic carbocycles. The van der Waals surface area contributed by atoms with Gasteiger partial charge < -0.3 is 10.4 Å². The zero-order valence-corrected chi connectivity index (χ0v) is 10.7. The molecule has 0 aromatic heterocycles. The van der Waals surface area contributed by atoms with E-state index in [0.717, 1.165) is 12.0 Å². The van der Waals surface area contributed by atoms with Gasteiger partial charge in [0.1, 0.15) is 0 Å². The third kappa shape index (κ3) is 4.57. The number of amides is 1. The Bertz CT molecular complexity index is 398. The van der Waals surface area contributed by atoms with E-state index in [2.05, 4.69) is 19.2 Å². The lowest BCUT2D eigenvalue weighted by molar-refractivity contribution is -0.137. The highest BCUT2D eigenvalue weighted by Crippen LogP contribution is 2.18. The van der Waals surface area contributed by atoms with Crippen molar-refractivity contribution in [2.45, 2.75) is 32.7 Å². The van der Waals surface area contributed by atoms with Gasteiger partial charge in [-0.15, -0.1) is 0 Å². The zero-order chi connectivity index (χ0) is 13.5. The molecule has 4 heteroatoms. The van der Waals surface area contributed by atoms with Crippen LogP contribution in [0.25, 0.3) is 0 Å². The summed E-state index contributed by atoms with van der Waals surface area (Å²) >= 11 is 0. The molecular formula is C14H19NO3. The molecule has 1 atom stereocenters. The van der Waals surface area contributed by atoms with Gasteiger partial charge in [0, 0.05) is 0 Å². The molecule has 1 amide bonds. The molecule has 0 aliphatic heterocycles. The first-order chi connectivity index (χ1) is 8.52. The first kappa shape index (κ1) is 14.2. The van der Waals surface area contributed by atoms with Gasteiger partial charge in [-0.3, -0.25) is 9.59 Å². The average Bonchev–Trinajstić information content (AvgIpc) is 2.28. The standard InChI is InChI=1S/C14H19NO3/c1-10(2)7-11-3-5-12(6-4-11)13(15-9-16)8-14(17)18/h3-6,9-10,13H,7-8H2,1-2H3,(H,15,16)(H,17,18)/t13-/m0/s1. The van der Waals surface area contributed by atoms with Gasteiger partial charge in [0.05, 0.1) is 12.5 Å². The highest BCUT2D eigenvalue weighted by Gasteiger charge is 2.14. The van der Waals surface area contributed by atoms with Crippen LogP contribution in [0.4, 0.5) is 0 Å². The number of rotatable bonds is 7.